The van der Waals surface area contributed by atoms with E-state index in [1.54, 1.807) is 0 Å². The molecule has 1 aromatic heterocycles. The molecule has 126 valence electrons. The second-order valence-corrected chi connectivity index (χ2v) is 6.35. The molecular weight excluding hydrogens is 340 g/mol. The van der Waals surface area contributed by atoms with Gasteiger partial charge in [-0.2, -0.15) is 0 Å². The van der Waals surface area contributed by atoms with Crippen LogP contribution in [0.5, 0.6) is 0 Å². The number of carbonyl (C=O) groups excluding carboxylic acids is 2. The zero-order valence-corrected chi connectivity index (χ0v) is 13.0. The van der Waals surface area contributed by atoms with Crippen molar-refractivity contribution in [3.63, 3.8) is 0 Å². The van der Waals surface area contributed by atoms with Gasteiger partial charge in [-0.3, -0.25) is 4.72 Å². The average molecular weight is 350 g/mol. The minimum absolute atomic E-state index is 0.0668. The molecule has 24 heavy (non-hydrogen) atoms. The van der Waals surface area contributed by atoms with Crippen molar-refractivity contribution in [3.05, 3.63) is 36.3 Å². The van der Waals surface area contributed by atoms with Gasteiger partial charge in [0, 0.05) is 22.8 Å². The zero-order valence-electron chi connectivity index (χ0n) is 12.1. The summed E-state index contributed by atoms with van der Waals surface area (Å²) in [5, 5.41) is 24.1. The molecule has 0 saturated heterocycles. The molecule has 0 aliphatic carbocycles. The lowest BCUT2D eigenvalue weighted by Crippen LogP contribution is -2.36. The van der Waals surface area contributed by atoms with Gasteiger partial charge >= 0.3 is 0 Å². The maximum absolute atomic E-state index is 11.3. The summed E-state index contributed by atoms with van der Waals surface area (Å²) in [4.78, 5) is 29.2. The van der Waals surface area contributed by atoms with Crippen molar-refractivity contribution in [1.29, 1.82) is 0 Å². The van der Waals surface area contributed by atoms with E-state index in [2.05, 4.69) is 20.0 Å². The average Bonchev–Trinajstić information content (AvgIpc) is 2.45. The van der Waals surface area contributed by atoms with Crippen molar-refractivity contribution >= 4 is 44.4 Å². The molecule has 10 nitrogen and oxygen atoms in total. The molecule has 0 aliphatic rings. The lowest BCUT2D eigenvalue weighted by Gasteiger charge is -2.11. The topological polar surface area (TPSA) is 164 Å². The van der Waals surface area contributed by atoms with Gasteiger partial charge < -0.3 is 25.1 Å². The second kappa shape index (κ2) is 6.50. The fourth-order valence-electron chi connectivity index (χ4n) is 1.79. The Hall–Kier alpha value is -3.21. The van der Waals surface area contributed by atoms with Crippen LogP contribution in [0.2, 0.25) is 0 Å². The molecule has 0 spiro atoms. The summed E-state index contributed by atoms with van der Waals surface area (Å²) in [7, 11) is -3.50. The minimum Gasteiger partial charge on any atom is -0.545 e. The third-order valence-corrected chi connectivity index (χ3v) is 3.34. The number of hydrogen-bond donors (Lipinski definition) is 2. The summed E-state index contributed by atoms with van der Waals surface area (Å²) in [6.07, 6.45) is 2.80. The van der Waals surface area contributed by atoms with E-state index < -0.39 is 27.5 Å². The van der Waals surface area contributed by atoms with Crippen molar-refractivity contribution in [3.8, 4) is 0 Å². The Balaban J connectivity index is 2.46. The van der Waals surface area contributed by atoms with Crippen LogP contribution in [0.4, 0.5) is 11.5 Å². The summed E-state index contributed by atoms with van der Waals surface area (Å²) in [5.41, 5.74) is -0.456. The highest BCUT2D eigenvalue weighted by Crippen LogP contribution is 2.23. The number of sulfonamides is 1. The van der Waals surface area contributed by atoms with Crippen LogP contribution >= 0.6 is 0 Å². The highest BCUT2D eigenvalue weighted by molar-refractivity contribution is 7.92. The highest BCUT2D eigenvalue weighted by Gasteiger charge is 2.08. The number of fused-ring (bicyclic) bond motifs is 1. The number of rotatable bonds is 6. The molecule has 0 fully saturated rings. The summed E-state index contributed by atoms with van der Waals surface area (Å²) >= 11 is 0. The molecule has 1 heterocycles. The van der Waals surface area contributed by atoms with Crippen LogP contribution in [0, 0.1) is 0 Å². The SMILES string of the molecule is CS(=O)(=O)Nc1ccc2ncnc(NC=C(C(=O)[O-])C(=O)[O-])c2c1. The molecule has 0 aliphatic heterocycles. The van der Waals surface area contributed by atoms with Crippen molar-refractivity contribution in [2.45, 2.75) is 0 Å². The first-order valence-corrected chi connectivity index (χ1v) is 8.18. The standard InChI is InChI=1S/C13H12N4O6S/c1-24(22,23)17-7-2-3-10-8(4-7)11(16-6-15-10)14-5-9(12(18)19)13(20)21/h2-6,17H,1H3,(H,18,19)(H,20,21)(H,14,15,16)/p-2. The van der Waals surface area contributed by atoms with E-state index in [-0.39, 0.29) is 11.5 Å². The number of carboxylic acids is 2. The van der Waals surface area contributed by atoms with Crippen molar-refractivity contribution in [2.75, 3.05) is 16.3 Å². The third kappa shape index (κ3) is 4.16. The van der Waals surface area contributed by atoms with Gasteiger partial charge in [-0.1, -0.05) is 0 Å². The van der Waals surface area contributed by atoms with E-state index >= 15 is 0 Å². The van der Waals surface area contributed by atoms with Crippen LogP contribution in [0.3, 0.4) is 0 Å². The molecule has 0 unspecified atom stereocenters. The third-order valence-electron chi connectivity index (χ3n) is 2.73. The number of benzene rings is 1. The Labute approximate surface area is 135 Å². The van der Waals surface area contributed by atoms with Gasteiger partial charge in [0.25, 0.3) is 0 Å². The van der Waals surface area contributed by atoms with Crippen molar-refractivity contribution in [1.82, 2.24) is 9.97 Å². The van der Waals surface area contributed by atoms with Crippen LogP contribution in [0.1, 0.15) is 0 Å². The van der Waals surface area contributed by atoms with E-state index in [0.717, 1.165) is 6.26 Å². The van der Waals surface area contributed by atoms with Crippen LogP contribution in [0.25, 0.3) is 10.9 Å². The van der Waals surface area contributed by atoms with Crippen LogP contribution < -0.4 is 20.3 Å². The Morgan fingerprint density at radius 2 is 1.83 bits per heavy atom. The van der Waals surface area contributed by atoms with Crippen LogP contribution in [0.15, 0.2) is 36.3 Å². The molecule has 11 heteroatoms. The summed E-state index contributed by atoms with van der Waals surface area (Å²) < 4.78 is 24.8. The maximum atomic E-state index is 11.3. The lowest BCUT2D eigenvalue weighted by atomic mass is 10.2. The molecule has 2 N–H and O–H groups in total. The quantitative estimate of drug-likeness (QED) is 0.334. The van der Waals surface area contributed by atoms with Gasteiger partial charge in [0.2, 0.25) is 10.0 Å². The summed E-state index contributed by atoms with van der Waals surface area (Å²) in [6, 6.07) is 4.39. The second-order valence-electron chi connectivity index (χ2n) is 4.61. The molecule has 0 saturated carbocycles. The van der Waals surface area contributed by atoms with Gasteiger partial charge in [-0.25, -0.2) is 18.4 Å². The van der Waals surface area contributed by atoms with Gasteiger partial charge in [-0.15, -0.1) is 0 Å². The first-order chi connectivity index (χ1) is 11.2. The van der Waals surface area contributed by atoms with Crippen molar-refractivity contribution < 1.29 is 28.2 Å². The fourth-order valence-corrected chi connectivity index (χ4v) is 2.35. The summed E-state index contributed by atoms with van der Waals surface area (Å²) in [5.74, 6) is -3.79. The van der Waals surface area contributed by atoms with E-state index in [0.29, 0.717) is 17.1 Å². The number of nitrogens with zero attached hydrogens (tertiary/aromatic N) is 2. The lowest BCUT2D eigenvalue weighted by molar-refractivity contribution is -0.312. The first-order valence-electron chi connectivity index (χ1n) is 6.29. The highest BCUT2D eigenvalue weighted by atomic mass is 32.2. The van der Waals surface area contributed by atoms with Gasteiger partial charge in [-0.05, 0) is 18.2 Å². The Morgan fingerprint density at radius 3 is 2.42 bits per heavy atom. The van der Waals surface area contributed by atoms with Crippen molar-refractivity contribution in [2.24, 2.45) is 0 Å². The number of hydrogen-bond acceptors (Lipinski definition) is 9. The molecule has 0 amide bonds. The Bertz CT molecular complexity index is 938. The predicted octanol–water partition coefficient (Wildman–Crippen LogP) is -2.20. The fraction of sp³-hybridized carbons (Fsp3) is 0.0769. The molecule has 1 aromatic carbocycles. The number of carbonyl (C=O) groups is 2. The number of carboxylic acid groups (broad SMARTS) is 2. The number of aliphatic carboxylic acids is 2. The molecular formula is C13H10N4O6S-2. The number of aromatic nitrogens is 2. The molecule has 2 rings (SSSR count). The molecule has 0 bridgehead atoms. The normalized spacial score (nSPS) is 10.9. The Kier molecular flexibility index (Phi) is 4.64. The molecule has 2 aromatic rings. The van der Waals surface area contributed by atoms with E-state index in [9.17, 15) is 28.2 Å². The van der Waals surface area contributed by atoms with Gasteiger partial charge in [0.1, 0.15) is 12.1 Å². The van der Waals surface area contributed by atoms with Gasteiger partial charge in [0.05, 0.1) is 23.7 Å². The predicted molar refractivity (Wildman–Crippen MR) is 79.7 cm³/mol. The van der Waals surface area contributed by atoms with E-state index in [4.69, 9.17) is 0 Å². The number of nitrogens with one attached hydrogen (secondary N) is 2. The van der Waals surface area contributed by atoms with Crippen LogP contribution in [-0.2, 0) is 19.6 Å². The van der Waals surface area contributed by atoms with E-state index in [1.807, 2.05) is 0 Å². The summed E-state index contributed by atoms with van der Waals surface area (Å²) in [6.45, 7) is 0. The van der Waals surface area contributed by atoms with Crippen LogP contribution in [-0.4, -0.2) is 36.6 Å². The number of anilines is 2. The van der Waals surface area contributed by atoms with E-state index in [1.165, 1.54) is 24.5 Å². The minimum atomic E-state index is -3.50. The monoisotopic (exact) mass is 350 g/mol. The smallest absolute Gasteiger partial charge is 0.229 e. The molecule has 0 radical (unpaired) electrons. The Morgan fingerprint density at radius 1 is 1.17 bits per heavy atom. The largest absolute Gasteiger partial charge is 0.545 e. The van der Waals surface area contributed by atoms with Gasteiger partial charge in [0.15, 0.2) is 0 Å². The molecule has 0 atom stereocenters. The maximum Gasteiger partial charge on any atom is 0.229 e. The first kappa shape index (κ1) is 17.1. The zero-order chi connectivity index (χ0) is 17.9.